The fraction of sp³-hybridized carbons (Fsp3) is 0.111. The number of thiazole rings is 1. The summed E-state index contributed by atoms with van der Waals surface area (Å²) < 4.78 is 12.6. The molecule has 2 aromatic carbocycles. The van der Waals surface area contributed by atoms with Crippen LogP contribution in [0.2, 0.25) is 0 Å². The second kappa shape index (κ2) is 6.50. The molecule has 1 aliphatic heterocycles. The number of aliphatic carboxylic acids is 1. The smallest absolute Gasteiger partial charge is 0.307 e. The van der Waals surface area contributed by atoms with Crippen LogP contribution in [0.4, 0.5) is 0 Å². The van der Waals surface area contributed by atoms with E-state index in [9.17, 15) is 9.90 Å². The Morgan fingerprint density at radius 3 is 2.80 bits per heavy atom. The lowest BCUT2D eigenvalue weighted by atomic mass is 10.1. The number of hydrogen-bond acceptors (Lipinski definition) is 5. The summed E-state index contributed by atoms with van der Waals surface area (Å²) in [5.41, 5.74) is 2.33. The summed E-state index contributed by atoms with van der Waals surface area (Å²) in [6.07, 6.45) is 1.72. The maximum atomic E-state index is 11.3. The molecule has 1 N–H and O–H groups in total. The first-order chi connectivity index (χ1) is 12.1. The molecule has 0 aliphatic carbocycles. The molecule has 0 saturated carbocycles. The lowest BCUT2D eigenvalue weighted by Gasteiger charge is -2.05. The van der Waals surface area contributed by atoms with Crippen LogP contribution in [0, 0.1) is 0 Å². The van der Waals surface area contributed by atoms with Gasteiger partial charge in [0.05, 0.1) is 16.6 Å². The number of hydrogen-bond donors (Lipinski definition) is 1. The predicted octanol–water partition coefficient (Wildman–Crippen LogP) is 4.80. The molecule has 0 unspecified atom stereocenters. The van der Waals surface area contributed by atoms with Crippen LogP contribution in [0.1, 0.15) is 17.0 Å². The number of benzene rings is 2. The minimum Gasteiger partial charge on any atom is -0.481 e. The van der Waals surface area contributed by atoms with Gasteiger partial charge in [0.1, 0.15) is 5.01 Å². The van der Waals surface area contributed by atoms with Gasteiger partial charge in [0.2, 0.25) is 6.79 Å². The van der Waals surface area contributed by atoms with E-state index in [0.29, 0.717) is 22.1 Å². The molecular formula is C18H12BrNO4S. The van der Waals surface area contributed by atoms with E-state index in [1.165, 1.54) is 11.3 Å². The number of rotatable bonds is 4. The zero-order valence-electron chi connectivity index (χ0n) is 12.9. The summed E-state index contributed by atoms with van der Waals surface area (Å²) >= 11 is 4.99. The fourth-order valence-electron chi connectivity index (χ4n) is 2.59. The molecule has 126 valence electrons. The predicted molar refractivity (Wildman–Crippen MR) is 100 cm³/mol. The number of carboxylic acids is 1. The molecule has 0 saturated heterocycles. The SMILES string of the molecule is O=C(O)C/C(=C/c1cc2c(cc1Br)OCO2)c1nc2ccccc2s1. The lowest BCUT2D eigenvalue weighted by molar-refractivity contribution is -0.135. The second-order valence-corrected chi connectivity index (χ2v) is 7.34. The van der Waals surface area contributed by atoms with Gasteiger partial charge in [-0.05, 0) is 41.5 Å². The molecule has 0 fully saturated rings. The molecule has 2 heterocycles. The van der Waals surface area contributed by atoms with Gasteiger partial charge >= 0.3 is 5.97 Å². The van der Waals surface area contributed by atoms with Crippen molar-refractivity contribution in [1.82, 2.24) is 4.98 Å². The first-order valence-corrected chi connectivity index (χ1v) is 9.08. The second-order valence-electron chi connectivity index (χ2n) is 5.45. The van der Waals surface area contributed by atoms with Crippen molar-refractivity contribution in [3.63, 3.8) is 0 Å². The molecular weight excluding hydrogens is 406 g/mol. The normalized spacial score (nSPS) is 13.4. The Morgan fingerprint density at radius 1 is 1.28 bits per heavy atom. The van der Waals surface area contributed by atoms with Crippen LogP contribution < -0.4 is 9.47 Å². The molecule has 3 aromatic rings. The first-order valence-electron chi connectivity index (χ1n) is 7.47. The number of para-hydroxylation sites is 1. The Balaban J connectivity index is 1.81. The van der Waals surface area contributed by atoms with E-state index in [1.54, 1.807) is 0 Å². The lowest BCUT2D eigenvalue weighted by Crippen LogP contribution is -1.97. The van der Waals surface area contributed by atoms with E-state index in [0.717, 1.165) is 20.3 Å². The van der Waals surface area contributed by atoms with Crippen LogP contribution in [0.3, 0.4) is 0 Å². The van der Waals surface area contributed by atoms with Crippen molar-refractivity contribution in [2.45, 2.75) is 6.42 Å². The van der Waals surface area contributed by atoms with Crippen LogP contribution >= 0.6 is 27.3 Å². The summed E-state index contributed by atoms with van der Waals surface area (Å²) in [7, 11) is 0. The molecule has 1 aliphatic rings. The highest BCUT2D eigenvalue weighted by molar-refractivity contribution is 9.10. The van der Waals surface area contributed by atoms with Crippen molar-refractivity contribution in [3.8, 4) is 11.5 Å². The van der Waals surface area contributed by atoms with Gasteiger partial charge in [0, 0.05) is 4.47 Å². The van der Waals surface area contributed by atoms with Gasteiger partial charge in [-0.25, -0.2) is 4.98 Å². The maximum Gasteiger partial charge on any atom is 0.307 e. The van der Waals surface area contributed by atoms with Crippen molar-refractivity contribution in [2.24, 2.45) is 0 Å². The van der Waals surface area contributed by atoms with E-state index < -0.39 is 5.97 Å². The highest BCUT2D eigenvalue weighted by Crippen LogP contribution is 2.39. The molecule has 0 amide bonds. The first kappa shape index (κ1) is 16.1. The van der Waals surface area contributed by atoms with Crippen LogP contribution in [-0.4, -0.2) is 22.9 Å². The van der Waals surface area contributed by atoms with Crippen molar-refractivity contribution in [2.75, 3.05) is 6.79 Å². The van der Waals surface area contributed by atoms with Crippen molar-refractivity contribution < 1.29 is 19.4 Å². The number of carboxylic acid groups (broad SMARTS) is 1. The summed E-state index contributed by atoms with van der Waals surface area (Å²) in [4.78, 5) is 15.9. The van der Waals surface area contributed by atoms with E-state index in [1.807, 2.05) is 42.5 Å². The van der Waals surface area contributed by atoms with Gasteiger partial charge in [0.15, 0.2) is 11.5 Å². The molecule has 0 atom stereocenters. The third-order valence-electron chi connectivity index (χ3n) is 3.73. The monoisotopic (exact) mass is 417 g/mol. The van der Waals surface area contributed by atoms with E-state index in [-0.39, 0.29) is 13.2 Å². The highest BCUT2D eigenvalue weighted by Gasteiger charge is 2.18. The largest absolute Gasteiger partial charge is 0.481 e. The molecule has 7 heteroatoms. The third kappa shape index (κ3) is 3.25. The Labute approximate surface area is 155 Å². The zero-order valence-corrected chi connectivity index (χ0v) is 15.3. The number of carbonyl (C=O) groups is 1. The molecule has 1 aromatic heterocycles. The number of nitrogens with zero attached hydrogens (tertiary/aromatic N) is 1. The minimum absolute atomic E-state index is 0.110. The van der Waals surface area contributed by atoms with Crippen LogP contribution in [0.5, 0.6) is 11.5 Å². The Morgan fingerprint density at radius 2 is 2.04 bits per heavy atom. The topological polar surface area (TPSA) is 68.7 Å². The van der Waals surface area contributed by atoms with Gasteiger partial charge < -0.3 is 14.6 Å². The fourth-order valence-corrected chi connectivity index (χ4v) is 4.01. The summed E-state index contributed by atoms with van der Waals surface area (Å²) in [5, 5.41) is 10.0. The van der Waals surface area contributed by atoms with Gasteiger partial charge in [-0.15, -0.1) is 11.3 Å². The number of fused-ring (bicyclic) bond motifs is 2. The van der Waals surface area contributed by atoms with Gasteiger partial charge in [-0.1, -0.05) is 28.1 Å². The average Bonchev–Trinajstić information content (AvgIpc) is 3.19. The van der Waals surface area contributed by atoms with Crippen molar-refractivity contribution in [1.29, 1.82) is 0 Å². The zero-order chi connectivity index (χ0) is 17.4. The molecule has 25 heavy (non-hydrogen) atoms. The number of halogens is 1. The molecule has 4 rings (SSSR count). The van der Waals surface area contributed by atoms with Gasteiger partial charge in [0.25, 0.3) is 0 Å². The van der Waals surface area contributed by atoms with Crippen LogP contribution in [0.25, 0.3) is 21.9 Å². The Kier molecular flexibility index (Phi) is 4.19. The van der Waals surface area contributed by atoms with E-state index in [2.05, 4.69) is 20.9 Å². The van der Waals surface area contributed by atoms with Gasteiger partial charge in [-0.2, -0.15) is 0 Å². The maximum absolute atomic E-state index is 11.3. The summed E-state index contributed by atoms with van der Waals surface area (Å²) in [5.74, 6) is 0.416. The molecule has 5 nitrogen and oxygen atoms in total. The number of aromatic nitrogens is 1. The molecule has 0 bridgehead atoms. The standard InChI is InChI=1S/C18H12BrNO4S/c19-12-8-15-14(23-9-24-15)6-10(12)5-11(7-17(21)22)18-20-13-3-1-2-4-16(13)25-18/h1-6,8H,7,9H2,(H,21,22)/b11-5-. The Bertz CT molecular complexity index is 978. The quantitative estimate of drug-likeness (QED) is 0.659. The number of ether oxygens (including phenoxy) is 2. The summed E-state index contributed by atoms with van der Waals surface area (Å²) in [6.45, 7) is 0.189. The van der Waals surface area contributed by atoms with Gasteiger partial charge in [-0.3, -0.25) is 4.79 Å². The third-order valence-corrected chi connectivity index (χ3v) is 5.53. The van der Waals surface area contributed by atoms with Crippen molar-refractivity contribution >= 4 is 55.1 Å². The van der Waals surface area contributed by atoms with E-state index in [4.69, 9.17) is 9.47 Å². The Hall–Kier alpha value is -2.38. The van der Waals surface area contributed by atoms with Crippen LogP contribution in [0.15, 0.2) is 40.9 Å². The van der Waals surface area contributed by atoms with Crippen LogP contribution in [-0.2, 0) is 4.79 Å². The molecule has 0 spiro atoms. The molecule has 0 radical (unpaired) electrons. The highest BCUT2D eigenvalue weighted by atomic mass is 79.9. The average molecular weight is 418 g/mol. The summed E-state index contributed by atoms with van der Waals surface area (Å²) in [6, 6.07) is 11.4. The van der Waals surface area contributed by atoms with Crippen molar-refractivity contribution in [3.05, 3.63) is 51.4 Å². The minimum atomic E-state index is -0.901. The van der Waals surface area contributed by atoms with E-state index >= 15 is 0 Å².